The number of aromatic amines is 1. The maximum absolute atomic E-state index is 6.02. The number of aromatic nitrogens is 2. The van der Waals surface area contributed by atoms with Crippen LogP contribution in [0.15, 0.2) is 40.8 Å². The molecule has 0 aliphatic heterocycles. The number of H-pyrrole nitrogens is 1. The van der Waals surface area contributed by atoms with Gasteiger partial charge in [-0.3, -0.25) is 5.10 Å². The molecule has 3 rings (SSSR count). The summed E-state index contributed by atoms with van der Waals surface area (Å²) in [6.07, 6.45) is 0.845. The molecule has 0 radical (unpaired) electrons. The van der Waals surface area contributed by atoms with Crippen molar-refractivity contribution in [3.63, 3.8) is 0 Å². The second-order valence-electron chi connectivity index (χ2n) is 4.71. The molecule has 0 fully saturated rings. The van der Waals surface area contributed by atoms with Crippen LogP contribution in [0.3, 0.4) is 0 Å². The van der Waals surface area contributed by atoms with Crippen LogP contribution in [-0.4, -0.2) is 17.3 Å². The standard InChI is InChI=1S/C16H17N3O2/c1-3-11-7-8-13(21-11)15-14(16(17)19-18-15)10-5-4-6-12(9-10)20-2/h4-9H,3H2,1-2H3,(H3,17,18,19). The maximum Gasteiger partial charge on any atom is 0.153 e. The Morgan fingerprint density at radius 2 is 2.14 bits per heavy atom. The summed E-state index contributed by atoms with van der Waals surface area (Å²) in [7, 11) is 1.64. The third kappa shape index (κ3) is 2.38. The van der Waals surface area contributed by atoms with E-state index in [-0.39, 0.29) is 0 Å². The summed E-state index contributed by atoms with van der Waals surface area (Å²) in [5.41, 5.74) is 8.56. The molecule has 5 heteroatoms. The Kier molecular flexibility index (Phi) is 3.39. The van der Waals surface area contributed by atoms with Crippen molar-refractivity contribution in [1.82, 2.24) is 10.2 Å². The lowest BCUT2D eigenvalue weighted by atomic mass is 10.0. The van der Waals surface area contributed by atoms with Crippen LogP contribution in [0.5, 0.6) is 5.75 Å². The van der Waals surface area contributed by atoms with Crippen LogP contribution in [0.1, 0.15) is 12.7 Å². The third-order valence-corrected chi connectivity index (χ3v) is 3.41. The van der Waals surface area contributed by atoms with E-state index < -0.39 is 0 Å². The van der Waals surface area contributed by atoms with Crippen molar-refractivity contribution in [2.75, 3.05) is 12.8 Å². The molecule has 0 saturated carbocycles. The number of nitrogens with zero attached hydrogens (tertiary/aromatic N) is 1. The monoisotopic (exact) mass is 283 g/mol. The average Bonchev–Trinajstić information content (AvgIpc) is 3.13. The van der Waals surface area contributed by atoms with Crippen molar-refractivity contribution in [1.29, 1.82) is 0 Å². The molecule has 0 bridgehead atoms. The second-order valence-corrected chi connectivity index (χ2v) is 4.71. The number of ether oxygens (including phenoxy) is 1. The van der Waals surface area contributed by atoms with Gasteiger partial charge in [-0.1, -0.05) is 19.1 Å². The molecule has 0 aliphatic rings. The van der Waals surface area contributed by atoms with Crippen LogP contribution >= 0.6 is 0 Å². The molecule has 0 aliphatic carbocycles. The van der Waals surface area contributed by atoms with E-state index in [2.05, 4.69) is 10.2 Å². The number of methoxy groups -OCH3 is 1. The highest BCUT2D eigenvalue weighted by Crippen LogP contribution is 2.36. The van der Waals surface area contributed by atoms with Gasteiger partial charge in [0.25, 0.3) is 0 Å². The van der Waals surface area contributed by atoms with Crippen molar-refractivity contribution in [2.45, 2.75) is 13.3 Å². The number of anilines is 1. The molecule has 2 heterocycles. The molecule has 3 aromatic rings. The largest absolute Gasteiger partial charge is 0.497 e. The summed E-state index contributed by atoms with van der Waals surface area (Å²) < 4.78 is 11.1. The number of benzene rings is 1. The Balaban J connectivity index is 2.12. The van der Waals surface area contributed by atoms with E-state index in [1.807, 2.05) is 43.3 Å². The zero-order valence-electron chi connectivity index (χ0n) is 12.0. The summed E-state index contributed by atoms with van der Waals surface area (Å²) in [5, 5.41) is 7.07. The summed E-state index contributed by atoms with van der Waals surface area (Å²) in [5.74, 6) is 2.86. The van der Waals surface area contributed by atoms with Crippen molar-refractivity contribution in [2.24, 2.45) is 0 Å². The quantitative estimate of drug-likeness (QED) is 0.768. The van der Waals surface area contributed by atoms with Gasteiger partial charge in [0.15, 0.2) is 11.6 Å². The number of nitrogens with one attached hydrogen (secondary N) is 1. The minimum Gasteiger partial charge on any atom is -0.497 e. The van der Waals surface area contributed by atoms with E-state index in [4.69, 9.17) is 14.9 Å². The Hall–Kier alpha value is -2.69. The minimum absolute atomic E-state index is 0.438. The van der Waals surface area contributed by atoms with Gasteiger partial charge in [-0.2, -0.15) is 5.10 Å². The van der Waals surface area contributed by atoms with Crippen molar-refractivity contribution >= 4 is 5.82 Å². The Labute approximate surface area is 122 Å². The Morgan fingerprint density at radius 1 is 1.29 bits per heavy atom. The van der Waals surface area contributed by atoms with Gasteiger partial charge >= 0.3 is 0 Å². The normalized spacial score (nSPS) is 10.8. The number of aryl methyl sites for hydroxylation is 1. The highest BCUT2D eigenvalue weighted by atomic mass is 16.5. The lowest BCUT2D eigenvalue weighted by Gasteiger charge is -2.05. The predicted molar refractivity (Wildman–Crippen MR) is 82.1 cm³/mol. The fraction of sp³-hybridized carbons (Fsp3) is 0.188. The lowest BCUT2D eigenvalue weighted by molar-refractivity contribution is 0.415. The molecule has 3 N–H and O–H groups in total. The second kappa shape index (κ2) is 5.36. The number of nitrogens with two attached hydrogens (primary N) is 1. The molecular weight excluding hydrogens is 266 g/mol. The number of hydrogen-bond acceptors (Lipinski definition) is 4. The van der Waals surface area contributed by atoms with Crippen LogP contribution in [0, 0.1) is 0 Å². The molecule has 1 aromatic carbocycles. The van der Waals surface area contributed by atoms with Crippen LogP contribution in [0.4, 0.5) is 5.82 Å². The van der Waals surface area contributed by atoms with Crippen LogP contribution in [0.2, 0.25) is 0 Å². The number of rotatable bonds is 4. The Morgan fingerprint density at radius 3 is 2.86 bits per heavy atom. The molecule has 0 saturated heterocycles. The molecule has 0 unspecified atom stereocenters. The first-order valence-corrected chi connectivity index (χ1v) is 6.80. The predicted octanol–water partition coefficient (Wildman–Crippen LogP) is 3.49. The molecule has 108 valence electrons. The molecule has 21 heavy (non-hydrogen) atoms. The van der Waals surface area contributed by atoms with Gasteiger partial charge in [0.1, 0.15) is 17.2 Å². The van der Waals surface area contributed by atoms with E-state index in [9.17, 15) is 0 Å². The number of hydrogen-bond donors (Lipinski definition) is 2. The highest BCUT2D eigenvalue weighted by molar-refractivity contribution is 5.86. The molecule has 0 atom stereocenters. The molecule has 5 nitrogen and oxygen atoms in total. The van der Waals surface area contributed by atoms with Crippen LogP contribution in [-0.2, 0) is 6.42 Å². The fourth-order valence-electron chi connectivity index (χ4n) is 2.31. The average molecular weight is 283 g/mol. The summed E-state index contributed by atoms with van der Waals surface area (Å²) in [4.78, 5) is 0. The first-order valence-electron chi connectivity index (χ1n) is 6.80. The highest BCUT2D eigenvalue weighted by Gasteiger charge is 2.17. The van der Waals surface area contributed by atoms with Crippen molar-refractivity contribution < 1.29 is 9.15 Å². The molecule has 0 amide bonds. The maximum atomic E-state index is 6.02. The number of furan rings is 1. The zero-order valence-corrected chi connectivity index (χ0v) is 12.0. The van der Waals surface area contributed by atoms with Gasteiger partial charge < -0.3 is 14.9 Å². The van der Waals surface area contributed by atoms with Gasteiger partial charge in [0.05, 0.1) is 12.7 Å². The van der Waals surface area contributed by atoms with E-state index in [0.717, 1.165) is 40.5 Å². The summed E-state index contributed by atoms with van der Waals surface area (Å²) >= 11 is 0. The van der Waals surface area contributed by atoms with Crippen molar-refractivity contribution in [3.05, 3.63) is 42.2 Å². The van der Waals surface area contributed by atoms with E-state index >= 15 is 0 Å². The lowest BCUT2D eigenvalue weighted by Crippen LogP contribution is -1.89. The van der Waals surface area contributed by atoms with Crippen LogP contribution in [0.25, 0.3) is 22.6 Å². The summed E-state index contributed by atoms with van der Waals surface area (Å²) in [6.45, 7) is 2.05. The van der Waals surface area contributed by atoms with Gasteiger partial charge in [0, 0.05) is 6.42 Å². The Bertz CT molecular complexity index is 758. The molecule has 0 spiro atoms. The van der Waals surface area contributed by atoms with Crippen molar-refractivity contribution in [3.8, 4) is 28.3 Å². The fourth-order valence-corrected chi connectivity index (χ4v) is 2.31. The van der Waals surface area contributed by atoms with E-state index in [1.54, 1.807) is 7.11 Å². The third-order valence-electron chi connectivity index (χ3n) is 3.41. The molecular formula is C16H17N3O2. The summed E-state index contributed by atoms with van der Waals surface area (Å²) in [6, 6.07) is 11.6. The van der Waals surface area contributed by atoms with Gasteiger partial charge in [-0.15, -0.1) is 0 Å². The van der Waals surface area contributed by atoms with Gasteiger partial charge in [0.2, 0.25) is 0 Å². The number of nitrogen functional groups attached to an aromatic ring is 1. The SMILES string of the molecule is CCc1ccc(-c2[nH]nc(N)c2-c2cccc(OC)c2)o1. The van der Waals surface area contributed by atoms with E-state index in [0.29, 0.717) is 5.82 Å². The van der Waals surface area contributed by atoms with Gasteiger partial charge in [-0.05, 0) is 29.8 Å². The smallest absolute Gasteiger partial charge is 0.153 e. The minimum atomic E-state index is 0.438. The molecule has 2 aromatic heterocycles. The van der Waals surface area contributed by atoms with E-state index in [1.165, 1.54) is 0 Å². The topological polar surface area (TPSA) is 77.1 Å². The first-order chi connectivity index (χ1) is 10.2. The first kappa shape index (κ1) is 13.3. The van der Waals surface area contributed by atoms with Crippen LogP contribution < -0.4 is 10.5 Å². The van der Waals surface area contributed by atoms with Gasteiger partial charge in [-0.25, -0.2) is 0 Å². The zero-order chi connectivity index (χ0) is 14.8.